The molecule has 4 nitrogen and oxygen atoms in total. The van der Waals surface area contributed by atoms with E-state index in [0.29, 0.717) is 18.4 Å². The smallest absolute Gasteiger partial charge is 0.213 e. The van der Waals surface area contributed by atoms with Crippen LogP contribution in [0.5, 0.6) is 5.88 Å². The third kappa shape index (κ3) is 4.01. The van der Waals surface area contributed by atoms with Crippen LogP contribution in [0.1, 0.15) is 52.9 Å². The minimum absolute atomic E-state index is 0.0851. The zero-order chi connectivity index (χ0) is 16.9. The number of hydrogen-bond donors (Lipinski definition) is 1. The molecule has 0 saturated carbocycles. The number of Topliss-reactive ketones (excluding diaryl/α,β-unsaturated/α-hetero) is 1. The summed E-state index contributed by atoms with van der Waals surface area (Å²) < 4.78 is 5.89. The molecule has 1 N–H and O–H groups in total. The lowest BCUT2D eigenvalue weighted by molar-refractivity contribution is 0.101. The highest BCUT2D eigenvalue weighted by Crippen LogP contribution is 2.25. The number of aryl methyl sites for hydroxylation is 1. The van der Waals surface area contributed by atoms with Gasteiger partial charge in [-0.25, -0.2) is 4.98 Å². The summed E-state index contributed by atoms with van der Waals surface area (Å²) >= 11 is 0. The number of nitrogens with zero attached hydrogens (tertiary/aromatic N) is 1. The number of rotatable bonds is 5. The molecule has 4 heteroatoms. The Morgan fingerprint density at radius 1 is 1.25 bits per heavy atom. The molecule has 1 aliphatic rings. The predicted molar refractivity (Wildman–Crippen MR) is 94.6 cm³/mol. The van der Waals surface area contributed by atoms with Gasteiger partial charge in [-0.2, -0.15) is 0 Å². The summed E-state index contributed by atoms with van der Waals surface area (Å²) in [4.78, 5) is 16.1. The first-order chi connectivity index (χ1) is 11.6. The second kappa shape index (κ2) is 7.58. The molecule has 0 aliphatic carbocycles. The lowest BCUT2D eigenvalue weighted by Crippen LogP contribution is -2.27. The minimum atomic E-state index is 0.0851. The van der Waals surface area contributed by atoms with Gasteiger partial charge in [0, 0.05) is 23.2 Å². The average Bonchev–Trinajstić information content (AvgIpc) is 2.61. The number of hydrogen-bond acceptors (Lipinski definition) is 4. The van der Waals surface area contributed by atoms with Crippen molar-refractivity contribution in [3.8, 4) is 5.88 Å². The molecule has 0 atom stereocenters. The summed E-state index contributed by atoms with van der Waals surface area (Å²) in [5.74, 6) is 1.27. The molecule has 0 spiro atoms. The van der Waals surface area contributed by atoms with Crippen molar-refractivity contribution in [2.24, 2.45) is 0 Å². The number of ether oxygens (including phenoxy) is 1. The van der Waals surface area contributed by atoms with Crippen LogP contribution in [0.3, 0.4) is 0 Å². The monoisotopic (exact) mass is 324 g/mol. The Kier molecular flexibility index (Phi) is 5.26. The standard InChI is InChI=1S/C20H24N2O2/c1-14-12-17(15(2)23)6-7-18(14)13-24-20-5-3-4-19(22-20)16-8-10-21-11-9-16/h3-7,12,16,21H,8-11,13H2,1-2H3. The fourth-order valence-corrected chi connectivity index (χ4v) is 3.08. The number of carbonyl (C=O) groups is 1. The van der Waals surface area contributed by atoms with E-state index in [1.54, 1.807) is 6.92 Å². The van der Waals surface area contributed by atoms with Crippen LogP contribution in [0.25, 0.3) is 0 Å². The number of aromatic nitrogens is 1. The van der Waals surface area contributed by atoms with Gasteiger partial charge in [-0.1, -0.05) is 18.2 Å². The third-order valence-electron chi connectivity index (χ3n) is 4.63. The van der Waals surface area contributed by atoms with E-state index in [4.69, 9.17) is 4.74 Å². The molecular formula is C20H24N2O2. The van der Waals surface area contributed by atoms with Crippen molar-refractivity contribution in [3.05, 3.63) is 58.8 Å². The lowest BCUT2D eigenvalue weighted by atomic mass is 9.94. The van der Waals surface area contributed by atoms with Crippen molar-refractivity contribution in [2.45, 2.75) is 39.2 Å². The molecule has 0 radical (unpaired) electrons. The van der Waals surface area contributed by atoms with E-state index in [9.17, 15) is 4.79 Å². The van der Waals surface area contributed by atoms with Gasteiger partial charge in [0.2, 0.25) is 5.88 Å². The second-order valence-electron chi connectivity index (χ2n) is 6.41. The van der Waals surface area contributed by atoms with E-state index in [-0.39, 0.29) is 5.78 Å². The van der Waals surface area contributed by atoms with Crippen LogP contribution in [0, 0.1) is 6.92 Å². The summed E-state index contributed by atoms with van der Waals surface area (Å²) in [5, 5.41) is 3.38. The fraction of sp³-hybridized carbons (Fsp3) is 0.400. The number of benzene rings is 1. The Labute approximate surface area is 143 Å². The highest BCUT2D eigenvalue weighted by atomic mass is 16.5. The largest absolute Gasteiger partial charge is 0.473 e. The predicted octanol–water partition coefficient (Wildman–Crippen LogP) is 3.64. The number of nitrogens with one attached hydrogen (secondary N) is 1. The molecular weight excluding hydrogens is 300 g/mol. The van der Waals surface area contributed by atoms with Crippen LogP contribution >= 0.6 is 0 Å². The van der Waals surface area contributed by atoms with Crippen molar-refractivity contribution in [3.63, 3.8) is 0 Å². The van der Waals surface area contributed by atoms with Gasteiger partial charge >= 0.3 is 0 Å². The van der Waals surface area contributed by atoms with Crippen LogP contribution in [0.15, 0.2) is 36.4 Å². The molecule has 0 unspecified atom stereocenters. The van der Waals surface area contributed by atoms with Gasteiger partial charge in [-0.15, -0.1) is 0 Å². The van der Waals surface area contributed by atoms with Crippen molar-refractivity contribution in [2.75, 3.05) is 13.1 Å². The molecule has 1 fully saturated rings. The Bertz CT molecular complexity index is 721. The topological polar surface area (TPSA) is 51.2 Å². The zero-order valence-corrected chi connectivity index (χ0v) is 14.3. The number of carbonyl (C=O) groups excluding carboxylic acids is 1. The summed E-state index contributed by atoms with van der Waals surface area (Å²) in [7, 11) is 0. The van der Waals surface area contributed by atoms with Gasteiger partial charge in [-0.3, -0.25) is 4.79 Å². The number of pyridine rings is 1. The Morgan fingerprint density at radius 2 is 2.04 bits per heavy atom. The quantitative estimate of drug-likeness (QED) is 0.853. The number of piperidine rings is 1. The molecule has 1 aliphatic heterocycles. The Balaban J connectivity index is 1.67. The molecule has 1 aromatic carbocycles. The molecule has 3 rings (SSSR count). The summed E-state index contributed by atoms with van der Waals surface area (Å²) in [5.41, 5.74) is 4.01. The fourth-order valence-electron chi connectivity index (χ4n) is 3.08. The third-order valence-corrected chi connectivity index (χ3v) is 4.63. The van der Waals surface area contributed by atoms with E-state index in [0.717, 1.165) is 48.3 Å². The second-order valence-corrected chi connectivity index (χ2v) is 6.41. The summed E-state index contributed by atoms with van der Waals surface area (Å²) in [6.45, 7) is 6.16. The summed E-state index contributed by atoms with van der Waals surface area (Å²) in [6, 6.07) is 11.8. The highest BCUT2D eigenvalue weighted by molar-refractivity contribution is 5.94. The van der Waals surface area contributed by atoms with Gasteiger partial charge in [0.25, 0.3) is 0 Å². The molecule has 0 bridgehead atoms. The molecule has 126 valence electrons. The lowest BCUT2D eigenvalue weighted by Gasteiger charge is -2.22. The molecule has 2 heterocycles. The van der Waals surface area contributed by atoms with Gasteiger partial charge < -0.3 is 10.1 Å². The summed E-state index contributed by atoms with van der Waals surface area (Å²) in [6.07, 6.45) is 2.25. The van der Waals surface area contributed by atoms with Gasteiger partial charge in [-0.05, 0) is 63.0 Å². The van der Waals surface area contributed by atoms with Gasteiger partial charge in [0.05, 0.1) is 0 Å². The van der Waals surface area contributed by atoms with Crippen molar-refractivity contribution in [1.82, 2.24) is 10.3 Å². The van der Waals surface area contributed by atoms with E-state index in [1.807, 2.05) is 37.3 Å². The van der Waals surface area contributed by atoms with Crippen LogP contribution < -0.4 is 10.1 Å². The maximum atomic E-state index is 11.4. The first kappa shape index (κ1) is 16.7. The van der Waals surface area contributed by atoms with Crippen molar-refractivity contribution >= 4 is 5.78 Å². The Morgan fingerprint density at radius 3 is 2.75 bits per heavy atom. The van der Waals surface area contributed by atoms with Crippen LogP contribution in [0.4, 0.5) is 0 Å². The van der Waals surface area contributed by atoms with Crippen molar-refractivity contribution in [1.29, 1.82) is 0 Å². The molecule has 2 aromatic rings. The van der Waals surface area contributed by atoms with Gasteiger partial charge in [0.1, 0.15) is 6.61 Å². The van der Waals surface area contributed by atoms with Gasteiger partial charge in [0.15, 0.2) is 5.78 Å². The maximum Gasteiger partial charge on any atom is 0.213 e. The molecule has 24 heavy (non-hydrogen) atoms. The molecule has 1 aromatic heterocycles. The van der Waals surface area contributed by atoms with Crippen LogP contribution in [0.2, 0.25) is 0 Å². The van der Waals surface area contributed by atoms with Crippen LogP contribution in [-0.2, 0) is 6.61 Å². The highest BCUT2D eigenvalue weighted by Gasteiger charge is 2.16. The van der Waals surface area contributed by atoms with E-state index in [1.165, 1.54) is 0 Å². The SMILES string of the molecule is CC(=O)c1ccc(COc2cccc(C3CCNCC3)n2)c(C)c1. The van der Waals surface area contributed by atoms with Crippen LogP contribution in [-0.4, -0.2) is 23.9 Å². The molecule has 0 amide bonds. The maximum absolute atomic E-state index is 11.4. The minimum Gasteiger partial charge on any atom is -0.473 e. The first-order valence-corrected chi connectivity index (χ1v) is 8.54. The van der Waals surface area contributed by atoms with Crippen molar-refractivity contribution < 1.29 is 9.53 Å². The average molecular weight is 324 g/mol. The first-order valence-electron chi connectivity index (χ1n) is 8.54. The normalized spacial score (nSPS) is 15.2. The van der Waals surface area contributed by atoms with E-state index < -0.39 is 0 Å². The zero-order valence-electron chi connectivity index (χ0n) is 14.3. The van der Waals surface area contributed by atoms with E-state index in [2.05, 4.69) is 16.4 Å². The molecule has 1 saturated heterocycles. The van der Waals surface area contributed by atoms with E-state index >= 15 is 0 Å². The number of ketones is 1. The Hall–Kier alpha value is -2.20.